The number of anilines is 1. The van der Waals surface area contributed by atoms with Crippen LogP contribution < -0.4 is 5.73 Å². The van der Waals surface area contributed by atoms with Crippen LogP contribution in [0.4, 0.5) is 19.3 Å². The normalized spacial score (nSPS) is 20.9. The van der Waals surface area contributed by atoms with Crippen molar-refractivity contribution in [3.8, 4) is 0 Å². The predicted molar refractivity (Wildman–Crippen MR) is 101 cm³/mol. The van der Waals surface area contributed by atoms with Gasteiger partial charge >= 0.3 is 6.03 Å². The maximum absolute atomic E-state index is 13.7. The second-order valence-corrected chi connectivity index (χ2v) is 6.92. The van der Waals surface area contributed by atoms with Crippen LogP contribution >= 0.6 is 0 Å². The fraction of sp³-hybridized carbons (Fsp3) is 0.368. The summed E-state index contributed by atoms with van der Waals surface area (Å²) in [6, 6.07) is 1.15. The van der Waals surface area contributed by atoms with Gasteiger partial charge in [0, 0.05) is 62.3 Å². The lowest BCUT2D eigenvalue weighted by Gasteiger charge is -2.41. The maximum atomic E-state index is 13.7. The number of aromatic nitrogens is 1. The van der Waals surface area contributed by atoms with E-state index in [4.69, 9.17) is 5.73 Å². The Kier molecular flexibility index (Phi) is 5.43. The smallest absolute Gasteiger partial charge is 0.341 e. The molecule has 2 aliphatic rings. The van der Waals surface area contributed by atoms with Crippen molar-refractivity contribution in [2.45, 2.75) is 25.9 Å². The van der Waals surface area contributed by atoms with E-state index in [0.717, 1.165) is 25.6 Å². The number of hydrogen-bond donors (Lipinski definition) is 1. The van der Waals surface area contributed by atoms with Crippen molar-refractivity contribution < 1.29 is 13.6 Å². The molecule has 1 saturated heterocycles. The first-order valence-corrected chi connectivity index (χ1v) is 8.75. The van der Waals surface area contributed by atoms with Crippen molar-refractivity contribution in [3.05, 3.63) is 54.4 Å². The molecule has 0 saturated carbocycles. The Bertz CT molecular complexity index is 816. The molecule has 2 N–H and O–H groups in total. The predicted octanol–water partition coefficient (Wildman–Crippen LogP) is 3.47. The number of rotatable bonds is 5. The average Bonchev–Trinajstić information content (AvgIpc) is 3.17. The highest BCUT2D eigenvalue weighted by Crippen LogP contribution is 2.26. The first-order chi connectivity index (χ1) is 12.8. The third-order valence-corrected chi connectivity index (χ3v) is 4.58. The molecular formula is C19H23F2N5O. The Morgan fingerprint density at radius 3 is 2.78 bits per heavy atom. The summed E-state index contributed by atoms with van der Waals surface area (Å²) in [5.41, 5.74) is 6.79. The van der Waals surface area contributed by atoms with Gasteiger partial charge in [-0.1, -0.05) is 6.58 Å². The molecule has 1 aromatic heterocycles. The molecule has 0 radical (unpaired) electrons. The van der Waals surface area contributed by atoms with E-state index >= 15 is 0 Å². The molecule has 0 spiro atoms. The number of allylic oxidation sites excluding steroid dienone is 3. The number of amides is 2. The van der Waals surface area contributed by atoms with E-state index in [1.165, 1.54) is 5.01 Å². The number of carbonyl (C=O) groups is 1. The quantitative estimate of drug-likeness (QED) is 0.801. The first-order valence-electron chi connectivity index (χ1n) is 8.75. The molecule has 2 aliphatic heterocycles. The standard InChI is InChI=1S/C19H23F2N5O/c1-13(7-16(21)8-14(2)20)18-3-5-23-26(18)19(27)25-10-15(11-25)9-24-6-4-17(22)12-24/h4-8,12,15,18H,1,3,9-11,22H2,2H3/b14-8+,16-7+/t18-/m0/s1. The lowest BCUT2D eigenvalue weighted by molar-refractivity contribution is 0.0803. The fourth-order valence-electron chi connectivity index (χ4n) is 3.27. The highest BCUT2D eigenvalue weighted by Gasteiger charge is 2.37. The highest BCUT2D eigenvalue weighted by atomic mass is 19.1. The number of nitrogens with zero attached hydrogens (tertiary/aromatic N) is 4. The van der Waals surface area contributed by atoms with Gasteiger partial charge in [-0.2, -0.15) is 5.10 Å². The summed E-state index contributed by atoms with van der Waals surface area (Å²) in [6.45, 7) is 7.01. The van der Waals surface area contributed by atoms with Crippen LogP contribution in [0, 0.1) is 5.92 Å². The zero-order chi connectivity index (χ0) is 19.6. The van der Waals surface area contributed by atoms with Crippen molar-refractivity contribution >= 4 is 17.9 Å². The third-order valence-electron chi connectivity index (χ3n) is 4.58. The van der Waals surface area contributed by atoms with Gasteiger partial charge in [-0.15, -0.1) is 0 Å². The summed E-state index contributed by atoms with van der Waals surface area (Å²) in [4.78, 5) is 14.4. The van der Waals surface area contributed by atoms with Gasteiger partial charge in [0.2, 0.25) is 0 Å². The summed E-state index contributed by atoms with van der Waals surface area (Å²) in [5.74, 6) is -1.03. The number of hydrazone groups is 1. The second kappa shape index (κ2) is 7.77. The van der Waals surface area contributed by atoms with Gasteiger partial charge in [0.1, 0.15) is 5.83 Å². The van der Waals surface area contributed by atoms with E-state index in [2.05, 4.69) is 11.7 Å². The molecule has 0 unspecified atom stereocenters. The van der Waals surface area contributed by atoms with Crippen LogP contribution in [0.5, 0.6) is 0 Å². The zero-order valence-electron chi connectivity index (χ0n) is 15.2. The molecular weight excluding hydrogens is 352 g/mol. The molecule has 6 nitrogen and oxygen atoms in total. The van der Waals surface area contributed by atoms with Crippen LogP contribution in [-0.2, 0) is 6.54 Å². The van der Waals surface area contributed by atoms with Gasteiger partial charge in [0.05, 0.1) is 11.9 Å². The molecule has 0 bridgehead atoms. The van der Waals surface area contributed by atoms with Crippen LogP contribution in [0.15, 0.2) is 59.5 Å². The minimum atomic E-state index is -0.741. The number of nitrogen functional groups attached to an aromatic ring is 1. The van der Waals surface area contributed by atoms with E-state index in [1.54, 1.807) is 11.1 Å². The Labute approximate surface area is 156 Å². The topological polar surface area (TPSA) is 66.9 Å². The number of nitrogens with two attached hydrogens (primary N) is 1. The van der Waals surface area contributed by atoms with Crippen LogP contribution in [-0.4, -0.2) is 45.9 Å². The Balaban J connectivity index is 1.56. The second-order valence-electron chi connectivity index (χ2n) is 6.92. The summed E-state index contributed by atoms with van der Waals surface area (Å²) in [6.07, 6.45) is 7.75. The van der Waals surface area contributed by atoms with E-state index in [9.17, 15) is 13.6 Å². The largest absolute Gasteiger partial charge is 0.398 e. The third kappa shape index (κ3) is 4.45. The molecule has 1 fully saturated rings. The van der Waals surface area contributed by atoms with Crippen molar-refractivity contribution in [1.82, 2.24) is 14.5 Å². The van der Waals surface area contributed by atoms with Crippen molar-refractivity contribution in [1.29, 1.82) is 0 Å². The van der Waals surface area contributed by atoms with Gasteiger partial charge in [-0.3, -0.25) is 0 Å². The number of halogens is 2. The van der Waals surface area contributed by atoms with E-state index in [-0.39, 0.29) is 6.03 Å². The molecule has 3 rings (SSSR count). The minimum Gasteiger partial charge on any atom is -0.398 e. The molecule has 144 valence electrons. The van der Waals surface area contributed by atoms with E-state index in [0.29, 0.717) is 36.7 Å². The molecule has 1 aromatic rings. The highest BCUT2D eigenvalue weighted by molar-refractivity contribution is 5.79. The SMILES string of the molecule is C=C(/C=C(F)\C=C(/C)F)[C@@H]1CC=NN1C(=O)N1CC(Cn2ccc(N)c2)C1. The summed E-state index contributed by atoms with van der Waals surface area (Å²) < 4.78 is 28.5. The number of hydrogen-bond acceptors (Lipinski definition) is 3. The van der Waals surface area contributed by atoms with Crippen LogP contribution in [0.1, 0.15) is 13.3 Å². The van der Waals surface area contributed by atoms with Gasteiger partial charge in [0.25, 0.3) is 0 Å². The minimum absolute atomic E-state index is 0.232. The van der Waals surface area contributed by atoms with Crippen molar-refractivity contribution in [2.75, 3.05) is 18.8 Å². The number of urea groups is 1. The summed E-state index contributed by atoms with van der Waals surface area (Å²) in [5, 5.41) is 5.44. The number of carbonyl (C=O) groups excluding carboxylic acids is 1. The molecule has 0 aliphatic carbocycles. The lowest BCUT2D eigenvalue weighted by atomic mass is 10.0. The molecule has 8 heteroatoms. The van der Waals surface area contributed by atoms with Gasteiger partial charge in [-0.25, -0.2) is 18.6 Å². The van der Waals surface area contributed by atoms with Crippen molar-refractivity contribution in [2.24, 2.45) is 11.0 Å². The monoisotopic (exact) mass is 375 g/mol. The first kappa shape index (κ1) is 18.9. The average molecular weight is 375 g/mol. The Morgan fingerprint density at radius 2 is 2.15 bits per heavy atom. The Hall–Kier alpha value is -2.90. The maximum Gasteiger partial charge on any atom is 0.341 e. The fourth-order valence-corrected chi connectivity index (χ4v) is 3.27. The van der Waals surface area contributed by atoms with E-state index in [1.807, 2.05) is 23.0 Å². The van der Waals surface area contributed by atoms with Crippen LogP contribution in [0.2, 0.25) is 0 Å². The van der Waals surface area contributed by atoms with Crippen molar-refractivity contribution in [3.63, 3.8) is 0 Å². The molecule has 0 aromatic carbocycles. The zero-order valence-corrected chi connectivity index (χ0v) is 15.2. The molecule has 27 heavy (non-hydrogen) atoms. The lowest BCUT2D eigenvalue weighted by Crippen LogP contribution is -2.55. The molecule has 2 amide bonds. The number of likely N-dealkylation sites (tertiary alicyclic amines) is 1. The molecule has 1 atom stereocenters. The van der Waals surface area contributed by atoms with Gasteiger partial charge < -0.3 is 15.2 Å². The summed E-state index contributed by atoms with van der Waals surface area (Å²) >= 11 is 0. The van der Waals surface area contributed by atoms with Gasteiger partial charge in [0.15, 0.2) is 0 Å². The van der Waals surface area contributed by atoms with Crippen LogP contribution in [0.25, 0.3) is 0 Å². The summed E-state index contributed by atoms with van der Waals surface area (Å²) in [7, 11) is 0. The molecule has 3 heterocycles. The Morgan fingerprint density at radius 1 is 1.41 bits per heavy atom. The van der Waals surface area contributed by atoms with E-state index < -0.39 is 17.7 Å². The van der Waals surface area contributed by atoms with Crippen LogP contribution in [0.3, 0.4) is 0 Å². The van der Waals surface area contributed by atoms with Gasteiger partial charge in [-0.05, 0) is 24.6 Å².